The fourth-order valence-electron chi connectivity index (χ4n) is 3.27. The summed E-state index contributed by atoms with van der Waals surface area (Å²) in [6, 6.07) is 21.4. The normalized spacial score (nSPS) is 11.1. The summed E-state index contributed by atoms with van der Waals surface area (Å²) in [5, 5.41) is 0. The summed E-state index contributed by atoms with van der Waals surface area (Å²) in [5.41, 5.74) is 0.0893. The van der Waals surface area contributed by atoms with Crippen molar-refractivity contribution in [2.24, 2.45) is 0 Å². The van der Waals surface area contributed by atoms with Gasteiger partial charge in [-0.05, 0) is 81.4 Å². The molecule has 0 N–H and O–H groups in total. The van der Waals surface area contributed by atoms with E-state index in [4.69, 9.17) is 37.9 Å². The van der Waals surface area contributed by atoms with Crippen LogP contribution in [0.3, 0.4) is 0 Å². The Bertz CT molecular complexity index is 1070. The molecule has 0 atom stereocenters. The lowest BCUT2D eigenvalue weighted by Gasteiger charge is -2.20. The number of ether oxygens (including phenoxy) is 8. The summed E-state index contributed by atoms with van der Waals surface area (Å²) in [6.07, 6.45) is -1.47. The van der Waals surface area contributed by atoms with Gasteiger partial charge in [-0.15, -0.1) is 0 Å². The summed E-state index contributed by atoms with van der Waals surface area (Å²) < 4.78 is 44.3. The van der Waals surface area contributed by atoms with E-state index in [2.05, 4.69) is 0 Å². The van der Waals surface area contributed by atoms with Crippen LogP contribution in [0.5, 0.6) is 28.7 Å². The first-order valence-corrected chi connectivity index (χ1v) is 12.5. The van der Waals surface area contributed by atoms with E-state index in [1.165, 1.54) is 0 Å². The second-order valence-electron chi connectivity index (χ2n) is 9.26. The Morgan fingerprint density at radius 1 is 0.615 bits per heavy atom. The molecule has 210 valence electrons. The first-order valence-electron chi connectivity index (χ1n) is 12.5. The van der Waals surface area contributed by atoms with Crippen LogP contribution >= 0.6 is 0 Å². The van der Waals surface area contributed by atoms with Crippen molar-refractivity contribution in [2.45, 2.75) is 32.7 Å². The maximum absolute atomic E-state index is 12.0. The molecule has 0 aromatic heterocycles. The van der Waals surface area contributed by atoms with Crippen LogP contribution in [0.15, 0.2) is 72.8 Å². The Morgan fingerprint density at radius 3 is 1.44 bits per heavy atom. The monoisotopic (exact) mass is 540 g/mol. The van der Waals surface area contributed by atoms with Crippen molar-refractivity contribution >= 4 is 6.16 Å². The van der Waals surface area contributed by atoms with Crippen molar-refractivity contribution in [1.29, 1.82) is 0 Å². The van der Waals surface area contributed by atoms with Crippen LogP contribution in [0.1, 0.15) is 32.6 Å². The third-order valence-electron chi connectivity index (χ3n) is 5.10. The summed E-state index contributed by atoms with van der Waals surface area (Å²) in [7, 11) is 3.23. The summed E-state index contributed by atoms with van der Waals surface area (Å²) in [5.74, 6) is 3.25. The average Bonchev–Trinajstić information content (AvgIpc) is 2.92. The van der Waals surface area contributed by atoms with Gasteiger partial charge in [-0.3, -0.25) is 0 Å². The maximum Gasteiger partial charge on any atom is 0.514 e. The quantitative estimate of drug-likeness (QED) is 0.102. The van der Waals surface area contributed by atoms with Crippen molar-refractivity contribution < 1.29 is 42.7 Å². The molecule has 0 aliphatic rings. The van der Waals surface area contributed by atoms with E-state index in [0.717, 1.165) is 17.1 Å². The third-order valence-corrected chi connectivity index (χ3v) is 5.10. The van der Waals surface area contributed by atoms with E-state index < -0.39 is 18.0 Å². The molecule has 0 aliphatic carbocycles. The topological polar surface area (TPSA) is 90.9 Å². The molecule has 0 unspecified atom stereocenters. The molecule has 3 aromatic carbocycles. The van der Waals surface area contributed by atoms with Crippen LogP contribution in [0, 0.1) is 0 Å². The van der Waals surface area contributed by atoms with Crippen molar-refractivity contribution in [3.8, 4) is 28.7 Å². The zero-order chi connectivity index (χ0) is 28.1. The Hall–Kier alpha value is -3.95. The van der Waals surface area contributed by atoms with Gasteiger partial charge in [0.25, 0.3) is 0 Å². The van der Waals surface area contributed by atoms with Gasteiger partial charge in [0.05, 0.1) is 27.4 Å². The first kappa shape index (κ1) is 29.6. The average molecular weight is 541 g/mol. The molecule has 39 heavy (non-hydrogen) atoms. The lowest BCUT2D eigenvalue weighted by atomic mass is 10.2. The number of hydrogen-bond acceptors (Lipinski definition) is 9. The number of methoxy groups -OCH3 is 2. The SMILES string of the molecule is COc1ccc(OCCOC(OCCOc2ccc(OC)cc2)c2ccc(OC(=O)OC(C)(C)C)cc2)cc1. The van der Waals surface area contributed by atoms with Gasteiger partial charge in [-0.25, -0.2) is 4.79 Å². The van der Waals surface area contributed by atoms with E-state index in [0.29, 0.717) is 30.5 Å². The number of carbonyl (C=O) groups excluding carboxylic acids is 1. The van der Waals surface area contributed by atoms with Crippen LogP contribution in [0.4, 0.5) is 4.79 Å². The van der Waals surface area contributed by atoms with Crippen LogP contribution in [-0.4, -0.2) is 52.4 Å². The van der Waals surface area contributed by atoms with E-state index in [1.54, 1.807) is 59.3 Å². The smallest absolute Gasteiger partial charge is 0.497 e. The fourth-order valence-corrected chi connectivity index (χ4v) is 3.27. The van der Waals surface area contributed by atoms with Gasteiger partial charge in [0.15, 0.2) is 6.29 Å². The fraction of sp³-hybridized carbons (Fsp3) is 0.367. The van der Waals surface area contributed by atoms with Crippen molar-refractivity contribution in [2.75, 3.05) is 40.6 Å². The number of hydrogen-bond donors (Lipinski definition) is 0. The zero-order valence-electron chi connectivity index (χ0n) is 23.0. The van der Waals surface area contributed by atoms with Crippen LogP contribution < -0.4 is 23.7 Å². The molecule has 0 aliphatic heterocycles. The van der Waals surface area contributed by atoms with Crippen molar-refractivity contribution in [3.05, 3.63) is 78.4 Å². The minimum Gasteiger partial charge on any atom is -0.497 e. The summed E-state index contributed by atoms with van der Waals surface area (Å²) in [4.78, 5) is 12.0. The molecule has 0 amide bonds. The second-order valence-corrected chi connectivity index (χ2v) is 9.26. The van der Waals surface area contributed by atoms with Gasteiger partial charge >= 0.3 is 6.16 Å². The predicted molar refractivity (Wildman–Crippen MR) is 145 cm³/mol. The molecule has 0 radical (unpaired) electrons. The van der Waals surface area contributed by atoms with E-state index in [1.807, 2.05) is 48.5 Å². The molecule has 9 heteroatoms. The van der Waals surface area contributed by atoms with E-state index in [9.17, 15) is 4.79 Å². The van der Waals surface area contributed by atoms with Crippen molar-refractivity contribution in [3.63, 3.8) is 0 Å². The largest absolute Gasteiger partial charge is 0.514 e. The highest BCUT2D eigenvalue weighted by atomic mass is 16.7. The Kier molecular flexibility index (Phi) is 11.3. The molecule has 3 aromatic rings. The lowest BCUT2D eigenvalue weighted by molar-refractivity contribution is -0.154. The Labute approximate surface area is 229 Å². The molecule has 0 saturated heterocycles. The zero-order valence-corrected chi connectivity index (χ0v) is 23.0. The standard InChI is InChI=1S/C30H36O9/c1-30(2,3)39-29(31)38-27-8-6-22(7-9-27)28(36-20-18-34-25-14-10-23(32-4)11-15-25)37-21-19-35-26-16-12-24(33-5)13-17-26/h6-17,28H,18-21H2,1-5H3. The van der Waals surface area contributed by atoms with Crippen LogP contribution in [0.2, 0.25) is 0 Å². The van der Waals surface area contributed by atoms with E-state index >= 15 is 0 Å². The molecular weight excluding hydrogens is 504 g/mol. The number of rotatable bonds is 14. The minimum atomic E-state index is -0.773. The Morgan fingerprint density at radius 2 is 1.03 bits per heavy atom. The summed E-state index contributed by atoms with van der Waals surface area (Å²) >= 11 is 0. The number of carbonyl (C=O) groups is 1. The van der Waals surface area contributed by atoms with Crippen LogP contribution in [-0.2, 0) is 14.2 Å². The van der Waals surface area contributed by atoms with Crippen LogP contribution in [0.25, 0.3) is 0 Å². The first-order chi connectivity index (χ1) is 18.8. The third kappa shape index (κ3) is 10.7. The molecule has 0 heterocycles. The Balaban J connectivity index is 1.55. The summed E-state index contributed by atoms with van der Waals surface area (Å²) in [6.45, 7) is 6.48. The molecular formula is C30H36O9. The minimum absolute atomic E-state index is 0.270. The molecule has 0 bridgehead atoms. The molecule has 0 fully saturated rings. The van der Waals surface area contributed by atoms with Gasteiger partial charge in [0.2, 0.25) is 0 Å². The molecule has 3 rings (SSSR count). The van der Waals surface area contributed by atoms with Gasteiger partial charge in [-0.1, -0.05) is 12.1 Å². The van der Waals surface area contributed by atoms with Gasteiger partial charge in [-0.2, -0.15) is 0 Å². The van der Waals surface area contributed by atoms with Crippen molar-refractivity contribution in [1.82, 2.24) is 0 Å². The second kappa shape index (κ2) is 14.8. The molecule has 0 saturated carbocycles. The lowest BCUT2D eigenvalue weighted by Crippen LogP contribution is -2.26. The van der Waals surface area contributed by atoms with E-state index in [-0.39, 0.29) is 13.2 Å². The highest BCUT2D eigenvalue weighted by molar-refractivity contribution is 5.64. The van der Waals surface area contributed by atoms with Gasteiger partial charge in [0, 0.05) is 5.56 Å². The maximum atomic E-state index is 12.0. The highest BCUT2D eigenvalue weighted by Crippen LogP contribution is 2.24. The highest BCUT2D eigenvalue weighted by Gasteiger charge is 2.19. The predicted octanol–water partition coefficient (Wildman–Crippen LogP) is 6.21. The number of benzene rings is 3. The molecule has 0 spiro atoms. The van der Waals surface area contributed by atoms with Gasteiger partial charge in [0.1, 0.15) is 47.6 Å². The molecule has 9 nitrogen and oxygen atoms in total. The van der Waals surface area contributed by atoms with Gasteiger partial charge < -0.3 is 37.9 Å².